The molecule has 0 radical (unpaired) electrons. The molecule has 1 aromatic carbocycles. The van der Waals surface area contributed by atoms with Gasteiger partial charge in [0.1, 0.15) is 5.58 Å². The largest absolute Gasteiger partial charge is 0.450 e. The summed E-state index contributed by atoms with van der Waals surface area (Å²) >= 11 is 5.42. The van der Waals surface area contributed by atoms with E-state index in [4.69, 9.17) is 16.0 Å². The van der Waals surface area contributed by atoms with Crippen LogP contribution in [0, 0.1) is 6.92 Å². The van der Waals surface area contributed by atoms with Gasteiger partial charge in [-0.25, -0.2) is 0 Å². The van der Waals surface area contributed by atoms with E-state index in [1.54, 1.807) is 12.1 Å². The lowest BCUT2D eigenvalue weighted by molar-refractivity contribution is 0.105. The number of carbonyl (C=O) groups is 1. The second-order valence-electron chi connectivity index (χ2n) is 3.88. The standard InChI is InChI=1S/C14H11ClO3/c1-3-5-9-6-4-7-10-11(16)8(2)12(14(15)17)18-13(9)10/h3-7H,1-2H3/b5-3-. The van der Waals surface area contributed by atoms with Gasteiger partial charge in [-0.3, -0.25) is 9.59 Å². The van der Waals surface area contributed by atoms with E-state index in [2.05, 4.69) is 0 Å². The maximum Gasteiger partial charge on any atom is 0.288 e. The zero-order valence-electron chi connectivity index (χ0n) is 9.99. The van der Waals surface area contributed by atoms with Crippen molar-refractivity contribution in [1.82, 2.24) is 0 Å². The van der Waals surface area contributed by atoms with Crippen LogP contribution in [0.1, 0.15) is 28.6 Å². The molecular weight excluding hydrogens is 252 g/mol. The van der Waals surface area contributed by atoms with Crippen LogP contribution in [0.2, 0.25) is 0 Å². The quantitative estimate of drug-likeness (QED) is 0.778. The van der Waals surface area contributed by atoms with Crippen molar-refractivity contribution < 1.29 is 9.21 Å². The third-order valence-electron chi connectivity index (χ3n) is 2.70. The van der Waals surface area contributed by atoms with E-state index in [1.165, 1.54) is 6.92 Å². The summed E-state index contributed by atoms with van der Waals surface area (Å²) in [5.74, 6) is -0.0916. The summed E-state index contributed by atoms with van der Waals surface area (Å²) in [5, 5.41) is -0.313. The van der Waals surface area contributed by atoms with Crippen molar-refractivity contribution in [3.63, 3.8) is 0 Å². The monoisotopic (exact) mass is 262 g/mol. The Bertz CT molecular complexity index is 711. The fourth-order valence-corrected chi connectivity index (χ4v) is 2.01. The molecule has 0 fully saturated rings. The van der Waals surface area contributed by atoms with Crippen LogP contribution in [0.4, 0.5) is 0 Å². The van der Waals surface area contributed by atoms with Gasteiger partial charge in [-0.2, -0.15) is 0 Å². The number of para-hydroxylation sites is 1. The van der Waals surface area contributed by atoms with Gasteiger partial charge >= 0.3 is 0 Å². The number of hydrogen-bond donors (Lipinski definition) is 0. The lowest BCUT2D eigenvalue weighted by Gasteiger charge is -2.05. The fourth-order valence-electron chi connectivity index (χ4n) is 1.83. The van der Waals surface area contributed by atoms with Crippen LogP contribution >= 0.6 is 11.6 Å². The first-order valence-electron chi connectivity index (χ1n) is 5.45. The Morgan fingerprint density at radius 2 is 2.11 bits per heavy atom. The average molecular weight is 263 g/mol. The molecule has 18 heavy (non-hydrogen) atoms. The van der Waals surface area contributed by atoms with Crippen LogP contribution in [0.25, 0.3) is 17.0 Å². The van der Waals surface area contributed by atoms with Gasteiger partial charge in [0.2, 0.25) is 0 Å². The first-order valence-corrected chi connectivity index (χ1v) is 5.83. The third kappa shape index (κ3) is 1.97. The molecule has 0 bridgehead atoms. The van der Waals surface area contributed by atoms with Crippen LogP contribution in [0.5, 0.6) is 0 Å². The van der Waals surface area contributed by atoms with E-state index in [-0.39, 0.29) is 16.8 Å². The highest BCUT2D eigenvalue weighted by Crippen LogP contribution is 2.21. The van der Waals surface area contributed by atoms with Gasteiger partial charge in [-0.15, -0.1) is 0 Å². The molecule has 0 unspecified atom stereocenters. The van der Waals surface area contributed by atoms with Gasteiger partial charge in [0.25, 0.3) is 5.24 Å². The van der Waals surface area contributed by atoms with Crippen LogP contribution in [0.15, 0.2) is 33.5 Å². The molecule has 0 N–H and O–H groups in total. The lowest BCUT2D eigenvalue weighted by atomic mass is 10.1. The zero-order chi connectivity index (χ0) is 13.3. The van der Waals surface area contributed by atoms with Crippen molar-refractivity contribution in [2.75, 3.05) is 0 Å². The molecule has 0 saturated heterocycles. The van der Waals surface area contributed by atoms with Crippen LogP contribution < -0.4 is 5.43 Å². The zero-order valence-corrected chi connectivity index (χ0v) is 10.7. The third-order valence-corrected chi connectivity index (χ3v) is 2.87. The minimum atomic E-state index is -0.762. The van der Waals surface area contributed by atoms with Gasteiger partial charge in [0, 0.05) is 11.1 Å². The molecule has 2 aromatic rings. The summed E-state index contributed by atoms with van der Waals surface area (Å²) in [6.07, 6.45) is 3.64. The second-order valence-corrected chi connectivity index (χ2v) is 4.23. The van der Waals surface area contributed by atoms with Crippen LogP contribution in [-0.4, -0.2) is 5.24 Å². The Morgan fingerprint density at radius 1 is 1.39 bits per heavy atom. The first kappa shape index (κ1) is 12.6. The Morgan fingerprint density at radius 3 is 2.72 bits per heavy atom. The molecule has 2 rings (SSSR count). The highest BCUT2D eigenvalue weighted by molar-refractivity contribution is 6.67. The number of benzene rings is 1. The summed E-state index contributed by atoms with van der Waals surface area (Å²) in [5.41, 5.74) is 1.13. The molecule has 1 heterocycles. The summed E-state index contributed by atoms with van der Waals surface area (Å²) in [7, 11) is 0. The van der Waals surface area contributed by atoms with Crippen LogP contribution in [-0.2, 0) is 0 Å². The Hall–Kier alpha value is -1.87. The number of allylic oxidation sites excluding steroid dienone is 1. The van der Waals surface area contributed by atoms with Crippen molar-refractivity contribution in [2.24, 2.45) is 0 Å². The van der Waals surface area contributed by atoms with Gasteiger partial charge in [-0.1, -0.05) is 24.3 Å². The molecule has 3 nitrogen and oxygen atoms in total. The van der Waals surface area contributed by atoms with Crippen molar-refractivity contribution in [3.8, 4) is 0 Å². The number of hydrogen-bond acceptors (Lipinski definition) is 3. The topological polar surface area (TPSA) is 47.3 Å². The van der Waals surface area contributed by atoms with Gasteiger partial charge < -0.3 is 4.42 Å². The molecular formula is C14H11ClO3. The fraction of sp³-hybridized carbons (Fsp3) is 0.143. The SMILES string of the molecule is C/C=C\c1cccc2c(=O)c(C)c(C(=O)Cl)oc12. The molecule has 0 aliphatic rings. The predicted molar refractivity (Wildman–Crippen MR) is 72.1 cm³/mol. The maximum atomic E-state index is 12.1. The second kappa shape index (κ2) is 4.78. The lowest BCUT2D eigenvalue weighted by Crippen LogP contribution is -2.11. The molecule has 0 aliphatic carbocycles. The Labute approximate surface area is 109 Å². The van der Waals surface area contributed by atoms with Crippen molar-refractivity contribution in [1.29, 1.82) is 0 Å². The highest BCUT2D eigenvalue weighted by Gasteiger charge is 2.16. The molecule has 0 atom stereocenters. The molecule has 1 aromatic heterocycles. The Kier molecular flexibility index (Phi) is 3.34. The molecule has 0 spiro atoms. The number of fused-ring (bicyclic) bond motifs is 1. The van der Waals surface area contributed by atoms with Gasteiger partial charge in [0.15, 0.2) is 11.2 Å². The van der Waals surface area contributed by atoms with Crippen molar-refractivity contribution >= 4 is 33.9 Å². The smallest absolute Gasteiger partial charge is 0.288 e. The number of rotatable bonds is 2. The van der Waals surface area contributed by atoms with Crippen LogP contribution in [0.3, 0.4) is 0 Å². The van der Waals surface area contributed by atoms with E-state index in [1.807, 2.05) is 25.1 Å². The minimum absolute atomic E-state index is 0.0916. The molecule has 92 valence electrons. The summed E-state index contributed by atoms with van der Waals surface area (Å²) in [6, 6.07) is 5.25. The highest BCUT2D eigenvalue weighted by atomic mass is 35.5. The van der Waals surface area contributed by atoms with E-state index in [0.717, 1.165) is 5.56 Å². The van der Waals surface area contributed by atoms with E-state index in [0.29, 0.717) is 11.0 Å². The van der Waals surface area contributed by atoms with E-state index >= 15 is 0 Å². The van der Waals surface area contributed by atoms with Crippen molar-refractivity contribution in [2.45, 2.75) is 13.8 Å². The summed E-state index contributed by atoms with van der Waals surface area (Å²) in [6.45, 7) is 3.39. The molecule has 0 aliphatic heterocycles. The van der Waals surface area contributed by atoms with Crippen molar-refractivity contribution in [3.05, 3.63) is 51.4 Å². The van der Waals surface area contributed by atoms with Gasteiger partial charge in [0.05, 0.1) is 5.39 Å². The molecule has 0 amide bonds. The predicted octanol–water partition coefficient (Wildman–Crippen LogP) is 3.51. The van der Waals surface area contributed by atoms with Gasteiger partial charge in [-0.05, 0) is 31.5 Å². The average Bonchev–Trinajstić information content (AvgIpc) is 2.34. The minimum Gasteiger partial charge on any atom is -0.450 e. The molecule has 4 heteroatoms. The number of halogens is 1. The Balaban J connectivity index is 2.96. The van der Waals surface area contributed by atoms with E-state index in [9.17, 15) is 9.59 Å². The first-order chi connectivity index (χ1) is 8.56. The van der Waals surface area contributed by atoms with E-state index < -0.39 is 5.24 Å². The maximum absolute atomic E-state index is 12.1. The number of carbonyl (C=O) groups excluding carboxylic acids is 1. The summed E-state index contributed by atoms with van der Waals surface area (Å²) < 4.78 is 5.49. The summed E-state index contributed by atoms with van der Waals surface area (Å²) in [4.78, 5) is 23.4. The normalized spacial score (nSPS) is 11.3. The molecule has 0 saturated carbocycles.